The lowest BCUT2D eigenvalue weighted by Gasteiger charge is -2.06. The first-order valence-corrected chi connectivity index (χ1v) is 8.02. The van der Waals surface area contributed by atoms with E-state index in [0.717, 1.165) is 5.69 Å². The molecule has 3 aromatic heterocycles. The van der Waals surface area contributed by atoms with Crippen LogP contribution in [0.3, 0.4) is 0 Å². The van der Waals surface area contributed by atoms with Gasteiger partial charge in [0.2, 0.25) is 0 Å². The summed E-state index contributed by atoms with van der Waals surface area (Å²) in [4.78, 5) is 33.8. The molecule has 120 valence electrons. The van der Waals surface area contributed by atoms with Crippen molar-refractivity contribution in [1.29, 1.82) is 0 Å². The standard InChI is InChI=1S/C16H11FN4O2S/c1-9-7-24-16-19-11(5-14(22)21(9)16)6-20-8-18-13-4-10(17)2-3-12(13)15(20)23/h2-5,7-8H,6H2,1H3. The van der Waals surface area contributed by atoms with Crippen LogP contribution in [0, 0.1) is 12.7 Å². The van der Waals surface area contributed by atoms with Gasteiger partial charge < -0.3 is 0 Å². The predicted molar refractivity (Wildman–Crippen MR) is 89.1 cm³/mol. The van der Waals surface area contributed by atoms with Crippen molar-refractivity contribution in [3.63, 3.8) is 0 Å². The Hall–Kier alpha value is -2.87. The van der Waals surface area contributed by atoms with Gasteiger partial charge in [0.25, 0.3) is 11.1 Å². The predicted octanol–water partition coefficient (Wildman–Crippen LogP) is 1.96. The molecule has 4 aromatic rings. The molecule has 0 atom stereocenters. The molecule has 8 heteroatoms. The Kier molecular flexibility index (Phi) is 3.27. The zero-order valence-corrected chi connectivity index (χ0v) is 13.4. The molecule has 24 heavy (non-hydrogen) atoms. The first-order valence-electron chi connectivity index (χ1n) is 7.14. The molecule has 0 aliphatic rings. The normalized spacial score (nSPS) is 11.4. The summed E-state index contributed by atoms with van der Waals surface area (Å²) in [6.45, 7) is 1.96. The van der Waals surface area contributed by atoms with Gasteiger partial charge in [-0.3, -0.25) is 18.6 Å². The van der Waals surface area contributed by atoms with Crippen molar-refractivity contribution in [3.8, 4) is 0 Å². The van der Waals surface area contributed by atoms with E-state index < -0.39 is 5.82 Å². The van der Waals surface area contributed by atoms with E-state index in [0.29, 0.717) is 21.6 Å². The van der Waals surface area contributed by atoms with Crippen molar-refractivity contribution >= 4 is 27.2 Å². The summed E-state index contributed by atoms with van der Waals surface area (Å²) in [6.07, 6.45) is 1.34. The smallest absolute Gasteiger partial charge is 0.261 e. The highest BCUT2D eigenvalue weighted by atomic mass is 32.1. The second-order valence-corrected chi connectivity index (χ2v) is 6.26. The van der Waals surface area contributed by atoms with Crippen LogP contribution in [0.2, 0.25) is 0 Å². The fourth-order valence-electron chi connectivity index (χ4n) is 2.60. The van der Waals surface area contributed by atoms with Crippen LogP contribution >= 0.6 is 11.3 Å². The summed E-state index contributed by atoms with van der Waals surface area (Å²) >= 11 is 1.37. The third-order valence-electron chi connectivity index (χ3n) is 3.75. The molecule has 0 fully saturated rings. The Bertz CT molecular complexity index is 1210. The van der Waals surface area contributed by atoms with Gasteiger partial charge in [-0.05, 0) is 19.1 Å². The minimum absolute atomic E-state index is 0.127. The molecule has 1 aromatic carbocycles. The Morgan fingerprint density at radius 3 is 2.92 bits per heavy atom. The average molecular weight is 342 g/mol. The molecule has 0 spiro atoms. The van der Waals surface area contributed by atoms with E-state index in [1.807, 2.05) is 12.3 Å². The second-order valence-electron chi connectivity index (χ2n) is 5.42. The zero-order chi connectivity index (χ0) is 16.8. The van der Waals surface area contributed by atoms with Gasteiger partial charge in [0.15, 0.2) is 4.96 Å². The fraction of sp³-hybridized carbons (Fsp3) is 0.125. The third-order valence-corrected chi connectivity index (χ3v) is 4.69. The number of halogens is 1. The van der Waals surface area contributed by atoms with E-state index in [4.69, 9.17) is 0 Å². The molecule has 0 aliphatic carbocycles. The topological polar surface area (TPSA) is 69.3 Å². The number of hydrogen-bond acceptors (Lipinski definition) is 5. The number of nitrogens with zero attached hydrogens (tertiary/aromatic N) is 4. The molecule has 0 amide bonds. The highest BCUT2D eigenvalue weighted by molar-refractivity contribution is 7.15. The molecule has 4 rings (SSSR count). The molecular weight excluding hydrogens is 331 g/mol. The Morgan fingerprint density at radius 1 is 1.25 bits per heavy atom. The monoisotopic (exact) mass is 342 g/mol. The number of hydrogen-bond donors (Lipinski definition) is 0. The lowest BCUT2D eigenvalue weighted by atomic mass is 10.2. The maximum atomic E-state index is 13.2. The fourth-order valence-corrected chi connectivity index (χ4v) is 3.49. The summed E-state index contributed by atoms with van der Waals surface area (Å²) < 4.78 is 16.1. The summed E-state index contributed by atoms with van der Waals surface area (Å²) in [6, 6.07) is 5.26. The van der Waals surface area contributed by atoms with Crippen LogP contribution < -0.4 is 11.1 Å². The molecule has 6 nitrogen and oxygen atoms in total. The third kappa shape index (κ3) is 2.31. The van der Waals surface area contributed by atoms with Crippen molar-refractivity contribution in [2.24, 2.45) is 0 Å². The second kappa shape index (κ2) is 5.34. The molecule has 0 bridgehead atoms. The lowest BCUT2D eigenvalue weighted by molar-refractivity contribution is 0.629. The Labute approximate surface area is 138 Å². The van der Waals surface area contributed by atoms with Crippen LogP contribution in [0.5, 0.6) is 0 Å². The number of benzene rings is 1. The van der Waals surface area contributed by atoms with Crippen molar-refractivity contribution < 1.29 is 4.39 Å². The molecule has 0 N–H and O–H groups in total. The van der Waals surface area contributed by atoms with Crippen molar-refractivity contribution in [3.05, 3.63) is 73.9 Å². The van der Waals surface area contributed by atoms with E-state index in [2.05, 4.69) is 9.97 Å². The number of thiazole rings is 1. The molecule has 3 heterocycles. The minimum Gasteiger partial charge on any atom is -0.293 e. The molecule has 0 saturated carbocycles. The summed E-state index contributed by atoms with van der Waals surface area (Å²) in [5.41, 5.74) is 1.12. The molecule has 0 radical (unpaired) electrons. The van der Waals surface area contributed by atoms with Crippen LogP contribution in [0.25, 0.3) is 15.9 Å². The van der Waals surface area contributed by atoms with Crippen LogP contribution in [-0.4, -0.2) is 18.9 Å². The number of aromatic nitrogens is 4. The van der Waals surface area contributed by atoms with Crippen molar-refractivity contribution in [2.75, 3.05) is 0 Å². The first-order chi connectivity index (χ1) is 11.5. The minimum atomic E-state index is -0.444. The van der Waals surface area contributed by atoms with Crippen molar-refractivity contribution in [2.45, 2.75) is 13.5 Å². The van der Waals surface area contributed by atoms with E-state index in [9.17, 15) is 14.0 Å². The summed E-state index contributed by atoms with van der Waals surface area (Å²) in [5, 5.41) is 2.18. The number of aryl methyl sites for hydroxylation is 1. The maximum absolute atomic E-state index is 13.2. The average Bonchev–Trinajstić information content (AvgIpc) is 2.92. The van der Waals surface area contributed by atoms with E-state index in [1.165, 1.54) is 50.9 Å². The van der Waals surface area contributed by atoms with Crippen LogP contribution in [0.4, 0.5) is 4.39 Å². The molecule has 0 unspecified atom stereocenters. The summed E-state index contributed by atoms with van der Waals surface area (Å²) in [7, 11) is 0. The van der Waals surface area contributed by atoms with Gasteiger partial charge in [0.1, 0.15) is 5.82 Å². The first kappa shape index (κ1) is 14.7. The van der Waals surface area contributed by atoms with Crippen LogP contribution in [0.1, 0.15) is 11.4 Å². The van der Waals surface area contributed by atoms with Gasteiger partial charge in [-0.2, -0.15) is 0 Å². The largest absolute Gasteiger partial charge is 0.293 e. The van der Waals surface area contributed by atoms with E-state index in [-0.39, 0.29) is 17.7 Å². The maximum Gasteiger partial charge on any atom is 0.261 e. The van der Waals surface area contributed by atoms with Gasteiger partial charge >= 0.3 is 0 Å². The number of fused-ring (bicyclic) bond motifs is 2. The van der Waals surface area contributed by atoms with Gasteiger partial charge in [-0.25, -0.2) is 14.4 Å². The van der Waals surface area contributed by atoms with Gasteiger partial charge in [0.05, 0.1) is 29.5 Å². The van der Waals surface area contributed by atoms with Crippen molar-refractivity contribution in [1.82, 2.24) is 18.9 Å². The zero-order valence-electron chi connectivity index (χ0n) is 12.6. The highest BCUT2D eigenvalue weighted by Gasteiger charge is 2.09. The SMILES string of the molecule is Cc1csc2nc(Cn3cnc4cc(F)ccc4c3=O)cc(=O)n12. The van der Waals surface area contributed by atoms with E-state index >= 15 is 0 Å². The molecular formula is C16H11FN4O2S. The van der Waals surface area contributed by atoms with Gasteiger partial charge in [-0.15, -0.1) is 11.3 Å². The number of rotatable bonds is 2. The Balaban J connectivity index is 1.82. The molecule has 0 aliphatic heterocycles. The highest BCUT2D eigenvalue weighted by Crippen LogP contribution is 2.12. The Morgan fingerprint density at radius 2 is 2.08 bits per heavy atom. The quantitative estimate of drug-likeness (QED) is 0.558. The molecule has 0 saturated heterocycles. The van der Waals surface area contributed by atoms with Gasteiger partial charge in [0, 0.05) is 23.2 Å². The van der Waals surface area contributed by atoms with Gasteiger partial charge in [-0.1, -0.05) is 0 Å². The van der Waals surface area contributed by atoms with E-state index in [1.54, 1.807) is 0 Å². The lowest BCUT2D eigenvalue weighted by Crippen LogP contribution is -2.23. The van der Waals surface area contributed by atoms with Crippen LogP contribution in [-0.2, 0) is 6.54 Å². The summed E-state index contributed by atoms with van der Waals surface area (Å²) in [5.74, 6) is -0.444. The van der Waals surface area contributed by atoms with Crippen LogP contribution in [0.15, 0.2) is 45.6 Å².